The van der Waals surface area contributed by atoms with Gasteiger partial charge in [0.15, 0.2) is 11.5 Å². The van der Waals surface area contributed by atoms with E-state index in [1.54, 1.807) is 24.3 Å². The van der Waals surface area contributed by atoms with Gasteiger partial charge in [-0.15, -0.1) is 0 Å². The van der Waals surface area contributed by atoms with Gasteiger partial charge in [0.2, 0.25) is 0 Å². The minimum atomic E-state index is -4.45. The van der Waals surface area contributed by atoms with Crippen molar-refractivity contribution in [2.75, 3.05) is 12.0 Å². The van der Waals surface area contributed by atoms with Crippen LogP contribution in [0.4, 0.5) is 23.4 Å². The smallest absolute Gasteiger partial charge is 0.417 e. The normalized spacial score (nSPS) is 11.6. The van der Waals surface area contributed by atoms with E-state index in [0.29, 0.717) is 28.1 Å². The predicted octanol–water partition coefficient (Wildman–Crippen LogP) is 6.43. The maximum atomic E-state index is 13.1. The molecule has 1 heterocycles. The van der Waals surface area contributed by atoms with Crippen LogP contribution in [-0.4, -0.2) is 17.8 Å². The van der Waals surface area contributed by atoms with Crippen molar-refractivity contribution in [3.63, 3.8) is 0 Å². The molecule has 0 amide bonds. The van der Waals surface area contributed by atoms with Gasteiger partial charge in [-0.1, -0.05) is 12.1 Å². The van der Waals surface area contributed by atoms with Gasteiger partial charge >= 0.3 is 6.18 Å². The summed E-state index contributed by atoms with van der Waals surface area (Å²) in [7, 11) is 0. The van der Waals surface area contributed by atoms with Crippen LogP contribution in [0.15, 0.2) is 64.3 Å². The highest BCUT2D eigenvalue weighted by molar-refractivity contribution is 9.10. The molecule has 1 aromatic heterocycles. The van der Waals surface area contributed by atoms with Gasteiger partial charge in [-0.2, -0.15) is 18.3 Å². The number of ether oxygens (including phenoxy) is 2. The number of nitrogens with zero attached hydrogens (tertiary/aromatic N) is 2. The fraction of sp³-hybridized carbons (Fsp3) is 0.182. The third-order valence-electron chi connectivity index (χ3n) is 4.14. The monoisotopic (exact) mass is 511 g/mol. The number of hydrogen-bond donors (Lipinski definition) is 1. The molecule has 10 heteroatoms. The second kappa shape index (κ2) is 10.4. The molecule has 0 bridgehead atoms. The molecule has 0 spiro atoms. The van der Waals surface area contributed by atoms with Crippen LogP contribution >= 0.6 is 15.9 Å². The lowest BCUT2D eigenvalue weighted by Gasteiger charge is -2.14. The lowest BCUT2D eigenvalue weighted by atomic mass is 10.2. The Labute approximate surface area is 190 Å². The number of hydrogen-bond acceptors (Lipinski definition) is 5. The number of nitrogens with one attached hydrogen (secondary N) is 1. The molecule has 0 fully saturated rings. The van der Waals surface area contributed by atoms with Crippen LogP contribution in [0, 0.1) is 5.82 Å². The van der Waals surface area contributed by atoms with Crippen LogP contribution in [0.25, 0.3) is 0 Å². The Hall–Kier alpha value is -3.14. The van der Waals surface area contributed by atoms with E-state index in [1.807, 2.05) is 6.92 Å². The van der Waals surface area contributed by atoms with Crippen LogP contribution in [0.2, 0.25) is 0 Å². The Bertz CT molecular complexity index is 1070. The first kappa shape index (κ1) is 23.5. The van der Waals surface area contributed by atoms with E-state index in [9.17, 15) is 17.6 Å². The molecule has 0 unspecified atom stereocenters. The van der Waals surface area contributed by atoms with Gasteiger partial charge in [-0.05, 0) is 64.8 Å². The van der Waals surface area contributed by atoms with Crippen molar-refractivity contribution >= 4 is 28.0 Å². The molecular formula is C22H18BrF4N3O2. The molecule has 5 nitrogen and oxygen atoms in total. The lowest BCUT2D eigenvalue weighted by Crippen LogP contribution is -2.05. The van der Waals surface area contributed by atoms with E-state index >= 15 is 0 Å². The zero-order valence-corrected chi connectivity index (χ0v) is 18.4. The molecule has 0 radical (unpaired) electrons. The van der Waals surface area contributed by atoms with Gasteiger partial charge < -0.3 is 9.47 Å². The molecule has 0 atom stereocenters. The minimum Gasteiger partial charge on any atom is -0.490 e. The first-order valence-electron chi connectivity index (χ1n) is 9.42. The first-order chi connectivity index (χ1) is 15.3. The number of anilines is 1. The van der Waals surface area contributed by atoms with Crippen LogP contribution in [0.3, 0.4) is 0 Å². The molecule has 0 saturated carbocycles. The predicted molar refractivity (Wildman–Crippen MR) is 116 cm³/mol. The fourth-order valence-electron chi connectivity index (χ4n) is 2.57. The fourth-order valence-corrected chi connectivity index (χ4v) is 2.99. The van der Waals surface area contributed by atoms with Crippen molar-refractivity contribution in [3.8, 4) is 11.5 Å². The minimum absolute atomic E-state index is 0.162. The van der Waals surface area contributed by atoms with Gasteiger partial charge in [0.1, 0.15) is 18.2 Å². The molecule has 32 heavy (non-hydrogen) atoms. The second-order valence-corrected chi connectivity index (χ2v) is 7.32. The van der Waals surface area contributed by atoms with Crippen molar-refractivity contribution < 1.29 is 27.0 Å². The number of hydrazone groups is 1. The lowest BCUT2D eigenvalue weighted by molar-refractivity contribution is -0.137. The molecule has 2 aromatic carbocycles. The number of aromatic nitrogens is 1. The summed E-state index contributed by atoms with van der Waals surface area (Å²) in [6, 6.07) is 11.5. The van der Waals surface area contributed by atoms with Gasteiger partial charge in [0, 0.05) is 16.2 Å². The standard InChI is InChI=1S/C22H18BrF4N3O2/c1-2-31-19-9-15(11-29-30-21-8-5-16(12-28-21)22(25,26)27)18(23)10-20(19)32-13-14-3-6-17(24)7-4-14/h3-12H,2,13H2,1H3,(H,28,30)/b29-11-. The summed E-state index contributed by atoms with van der Waals surface area (Å²) in [4.78, 5) is 3.69. The number of pyridine rings is 1. The SMILES string of the molecule is CCOc1cc(/C=N\Nc2ccc(C(F)(F)F)cn2)c(Br)cc1OCc1ccc(F)cc1. The van der Waals surface area contributed by atoms with Crippen molar-refractivity contribution in [3.05, 3.63) is 81.7 Å². The number of benzene rings is 2. The average Bonchev–Trinajstić information content (AvgIpc) is 2.75. The summed E-state index contributed by atoms with van der Waals surface area (Å²) in [6.07, 6.45) is -2.25. The molecule has 0 aliphatic carbocycles. The van der Waals surface area contributed by atoms with Gasteiger partial charge in [0.05, 0.1) is 18.4 Å². The van der Waals surface area contributed by atoms with Crippen LogP contribution < -0.4 is 14.9 Å². The summed E-state index contributed by atoms with van der Waals surface area (Å²) in [5, 5.41) is 4.02. The van der Waals surface area contributed by atoms with Crippen LogP contribution in [0.1, 0.15) is 23.6 Å². The largest absolute Gasteiger partial charge is 0.490 e. The molecule has 0 saturated heterocycles. The Morgan fingerprint density at radius 3 is 2.41 bits per heavy atom. The Kier molecular flexibility index (Phi) is 7.68. The molecule has 0 aliphatic heterocycles. The molecular weight excluding hydrogens is 494 g/mol. The molecule has 3 aromatic rings. The zero-order valence-electron chi connectivity index (χ0n) is 16.8. The van der Waals surface area contributed by atoms with Gasteiger partial charge in [-0.25, -0.2) is 9.37 Å². The maximum absolute atomic E-state index is 13.1. The van der Waals surface area contributed by atoms with E-state index < -0.39 is 11.7 Å². The highest BCUT2D eigenvalue weighted by Gasteiger charge is 2.30. The van der Waals surface area contributed by atoms with Crippen molar-refractivity contribution in [1.82, 2.24) is 4.98 Å². The molecule has 1 N–H and O–H groups in total. The third-order valence-corrected chi connectivity index (χ3v) is 4.83. The van der Waals surface area contributed by atoms with Gasteiger partial charge in [-0.3, -0.25) is 5.43 Å². The van der Waals surface area contributed by atoms with Crippen LogP contribution in [-0.2, 0) is 12.8 Å². The van der Waals surface area contributed by atoms with E-state index in [2.05, 4.69) is 31.4 Å². The molecule has 3 rings (SSSR count). The Balaban J connectivity index is 1.71. The molecule has 0 aliphatic rings. The topological polar surface area (TPSA) is 55.7 Å². The zero-order chi connectivity index (χ0) is 23.1. The number of alkyl halides is 3. The Morgan fingerprint density at radius 1 is 1.06 bits per heavy atom. The van der Waals surface area contributed by atoms with E-state index in [0.717, 1.165) is 17.8 Å². The summed E-state index contributed by atoms with van der Waals surface area (Å²) in [6.45, 7) is 2.46. The van der Waals surface area contributed by atoms with E-state index in [1.165, 1.54) is 24.4 Å². The summed E-state index contributed by atoms with van der Waals surface area (Å²) in [5.74, 6) is 0.800. The van der Waals surface area contributed by atoms with E-state index in [4.69, 9.17) is 9.47 Å². The summed E-state index contributed by atoms with van der Waals surface area (Å²) in [5.41, 5.74) is 3.18. The van der Waals surface area contributed by atoms with Crippen LogP contribution in [0.5, 0.6) is 11.5 Å². The highest BCUT2D eigenvalue weighted by Crippen LogP contribution is 2.34. The quantitative estimate of drug-likeness (QED) is 0.215. The summed E-state index contributed by atoms with van der Waals surface area (Å²) < 4.78 is 63.0. The number of rotatable bonds is 8. The second-order valence-electron chi connectivity index (χ2n) is 6.47. The van der Waals surface area contributed by atoms with Crippen molar-refractivity contribution in [2.24, 2.45) is 5.10 Å². The highest BCUT2D eigenvalue weighted by atomic mass is 79.9. The summed E-state index contributed by atoms with van der Waals surface area (Å²) >= 11 is 3.44. The number of halogens is 5. The molecule has 168 valence electrons. The van der Waals surface area contributed by atoms with Crippen molar-refractivity contribution in [1.29, 1.82) is 0 Å². The van der Waals surface area contributed by atoms with Crippen molar-refractivity contribution in [2.45, 2.75) is 19.7 Å². The third kappa shape index (κ3) is 6.43. The van der Waals surface area contributed by atoms with Gasteiger partial charge in [0.25, 0.3) is 0 Å². The first-order valence-corrected chi connectivity index (χ1v) is 10.2. The Morgan fingerprint density at radius 2 is 1.78 bits per heavy atom. The maximum Gasteiger partial charge on any atom is 0.417 e. The average molecular weight is 512 g/mol. The van der Waals surface area contributed by atoms with E-state index in [-0.39, 0.29) is 18.2 Å².